The van der Waals surface area contributed by atoms with Gasteiger partial charge in [-0.3, -0.25) is 4.79 Å². The fourth-order valence-corrected chi connectivity index (χ4v) is 2.95. The fourth-order valence-electron chi connectivity index (χ4n) is 2.95. The van der Waals surface area contributed by atoms with Crippen LogP contribution in [-0.4, -0.2) is 49.9 Å². The second kappa shape index (κ2) is 7.66. The SMILES string of the molecule is COC(=O)OC1(NC(=O)Cc2ccc(C)cc2C)CCN(C)CC1. The monoisotopic (exact) mass is 334 g/mol. The van der Waals surface area contributed by atoms with Gasteiger partial charge >= 0.3 is 6.16 Å². The Balaban J connectivity index is 2.07. The molecule has 0 unspecified atom stereocenters. The molecule has 0 aromatic heterocycles. The lowest BCUT2D eigenvalue weighted by molar-refractivity contribution is -0.134. The number of aryl methyl sites for hydroxylation is 2. The number of rotatable bonds is 4. The van der Waals surface area contributed by atoms with E-state index in [1.807, 2.05) is 33.0 Å². The highest BCUT2D eigenvalue weighted by atomic mass is 16.7. The number of amides is 1. The molecule has 0 atom stereocenters. The molecule has 0 aliphatic carbocycles. The first-order valence-electron chi connectivity index (χ1n) is 8.16. The Hall–Kier alpha value is -2.08. The van der Waals surface area contributed by atoms with Gasteiger partial charge in [0.05, 0.1) is 13.5 Å². The van der Waals surface area contributed by atoms with Gasteiger partial charge < -0.3 is 19.7 Å². The highest BCUT2D eigenvalue weighted by molar-refractivity contribution is 5.80. The Labute approximate surface area is 143 Å². The van der Waals surface area contributed by atoms with Crippen molar-refractivity contribution in [3.05, 3.63) is 34.9 Å². The largest absolute Gasteiger partial charge is 0.510 e. The predicted octanol–water partition coefficient (Wildman–Crippen LogP) is 2.17. The van der Waals surface area contributed by atoms with E-state index in [2.05, 4.69) is 21.0 Å². The summed E-state index contributed by atoms with van der Waals surface area (Å²) in [6, 6.07) is 6.01. The number of methoxy groups -OCH3 is 1. The van der Waals surface area contributed by atoms with Crippen molar-refractivity contribution < 1.29 is 19.1 Å². The van der Waals surface area contributed by atoms with Gasteiger partial charge in [0.15, 0.2) is 5.72 Å². The van der Waals surface area contributed by atoms with Crippen LogP contribution in [0.5, 0.6) is 0 Å². The van der Waals surface area contributed by atoms with Crippen molar-refractivity contribution in [2.75, 3.05) is 27.2 Å². The van der Waals surface area contributed by atoms with Crippen LogP contribution in [-0.2, 0) is 20.7 Å². The van der Waals surface area contributed by atoms with Crippen LogP contribution >= 0.6 is 0 Å². The van der Waals surface area contributed by atoms with Gasteiger partial charge in [-0.2, -0.15) is 0 Å². The molecule has 132 valence electrons. The molecule has 1 aliphatic heterocycles. The molecule has 2 rings (SSSR count). The maximum absolute atomic E-state index is 12.5. The quantitative estimate of drug-likeness (QED) is 0.675. The van der Waals surface area contributed by atoms with Crippen molar-refractivity contribution in [1.29, 1.82) is 0 Å². The number of likely N-dealkylation sites (tertiary alicyclic amines) is 1. The van der Waals surface area contributed by atoms with Gasteiger partial charge in [-0.05, 0) is 32.0 Å². The summed E-state index contributed by atoms with van der Waals surface area (Å²) in [5.41, 5.74) is 2.23. The molecule has 1 amide bonds. The number of hydrogen-bond acceptors (Lipinski definition) is 5. The second-order valence-electron chi connectivity index (χ2n) is 6.51. The first kappa shape index (κ1) is 18.3. The number of nitrogens with one attached hydrogen (secondary N) is 1. The van der Waals surface area contributed by atoms with Crippen LogP contribution in [0.3, 0.4) is 0 Å². The van der Waals surface area contributed by atoms with E-state index < -0.39 is 11.9 Å². The topological polar surface area (TPSA) is 67.9 Å². The van der Waals surface area contributed by atoms with E-state index in [1.165, 1.54) is 7.11 Å². The van der Waals surface area contributed by atoms with Crippen LogP contribution in [0.15, 0.2) is 18.2 Å². The minimum absolute atomic E-state index is 0.157. The molecule has 1 saturated heterocycles. The maximum Gasteiger partial charge on any atom is 0.510 e. The molecule has 1 heterocycles. The number of nitrogens with zero attached hydrogens (tertiary/aromatic N) is 1. The van der Waals surface area contributed by atoms with Gasteiger partial charge in [-0.25, -0.2) is 4.79 Å². The highest BCUT2D eigenvalue weighted by Gasteiger charge is 2.39. The molecular weight excluding hydrogens is 308 g/mol. The zero-order valence-corrected chi connectivity index (χ0v) is 14.8. The Morgan fingerprint density at radius 3 is 2.50 bits per heavy atom. The lowest BCUT2D eigenvalue weighted by atomic mass is 9.98. The number of carbonyl (C=O) groups is 2. The van der Waals surface area contributed by atoms with E-state index >= 15 is 0 Å². The standard InChI is InChI=1S/C18H26N2O4/c1-13-5-6-15(14(2)11-13)12-16(21)19-18(24-17(22)23-4)7-9-20(3)10-8-18/h5-6,11H,7-10,12H2,1-4H3,(H,19,21). The van der Waals surface area contributed by atoms with Crippen molar-refractivity contribution >= 4 is 12.1 Å². The molecule has 0 spiro atoms. The average molecular weight is 334 g/mol. The summed E-state index contributed by atoms with van der Waals surface area (Å²) in [4.78, 5) is 26.2. The molecule has 0 radical (unpaired) electrons. The smallest absolute Gasteiger partial charge is 0.438 e. The summed E-state index contributed by atoms with van der Waals surface area (Å²) in [5.74, 6) is -0.157. The summed E-state index contributed by atoms with van der Waals surface area (Å²) < 4.78 is 10.0. The zero-order chi connectivity index (χ0) is 17.7. The first-order chi connectivity index (χ1) is 11.3. The maximum atomic E-state index is 12.5. The summed E-state index contributed by atoms with van der Waals surface area (Å²) >= 11 is 0. The van der Waals surface area contributed by atoms with E-state index in [4.69, 9.17) is 4.74 Å². The number of hydrogen-bond donors (Lipinski definition) is 1. The van der Waals surface area contributed by atoms with E-state index in [-0.39, 0.29) is 12.3 Å². The third-order valence-corrected chi connectivity index (χ3v) is 4.46. The third kappa shape index (κ3) is 4.71. The molecule has 1 N–H and O–H groups in total. The lowest BCUT2D eigenvalue weighted by Gasteiger charge is -2.39. The van der Waals surface area contributed by atoms with E-state index in [9.17, 15) is 9.59 Å². The molecule has 1 aliphatic rings. The van der Waals surface area contributed by atoms with Crippen molar-refractivity contribution in [2.24, 2.45) is 0 Å². The van der Waals surface area contributed by atoms with E-state index in [0.29, 0.717) is 12.8 Å². The molecule has 1 aromatic carbocycles. The molecule has 1 fully saturated rings. The zero-order valence-electron chi connectivity index (χ0n) is 14.8. The lowest BCUT2D eigenvalue weighted by Crippen LogP contribution is -2.57. The van der Waals surface area contributed by atoms with Gasteiger partial charge in [0.1, 0.15) is 0 Å². The molecule has 0 saturated carbocycles. The Morgan fingerprint density at radius 1 is 1.25 bits per heavy atom. The van der Waals surface area contributed by atoms with Gasteiger partial charge in [-0.1, -0.05) is 23.8 Å². The summed E-state index contributed by atoms with van der Waals surface area (Å²) in [5, 5.41) is 2.92. The molecule has 6 nitrogen and oxygen atoms in total. The number of benzene rings is 1. The van der Waals surface area contributed by atoms with Crippen LogP contribution in [0.1, 0.15) is 29.5 Å². The molecule has 0 bridgehead atoms. The van der Waals surface area contributed by atoms with Gasteiger partial charge in [0.2, 0.25) is 5.91 Å². The number of piperidine rings is 1. The van der Waals surface area contributed by atoms with E-state index in [1.54, 1.807) is 0 Å². The summed E-state index contributed by atoms with van der Waals surface area (Å²) in [6.45, 7) is 5.49. The highest BCUT2D eigenvalue weighted by Crippen LogP contribution is 2.24. The van der Waals surface area contributed by atoms with Gasteiger partial charge in [0.25, 0.3) is 0 Å². The van der Waals surface area contributed by atoms with Crippen molar-refractivity contribution in [3.63, 3.8) is 0 Å². The minimum Gasteiger partial charge on any atom is -0.438 e. The van der Waals surface area contributed by atoms with E-state index in [0.717, 1.165) is 29.8 Å². The van der Waals surface area contributed by atoms with Crippen LogP contribution in [0, 0.1) is 13.8 Å². The van der Waals surface area contributed by atoms with Crippen molar-refractivity contribution in [1.82, 2.24) is 10.2 Å². The third-order valence-electron chi connectivity index (χ3n) is 4.46. The van der Waals surface area contributed by atoms with Crippen LogP contribution in [0.4, 0.5) is 4.79 Å². The second-order valence-corrected chi connectivity index (χ2v) is 6.51. The summed E-state index contributed by atoms with van der Waals surface area (Å²) in [6.07, 6.45) is 0.564. The molecule has 24 heavy (non-hydrogen) atoms. The van der Waals surface area contributed by atoms with Crippen LogP contribution in [0.2, 0.25) is 0 Å². The van der Waals surface area contributed by atoms with Crippen LogP contribution in [0.25, 0.3) is 0 Å². The van der Waals surface area contributed by atoms with Gasteiger partial charge in [-0.15, -0.1) is 0 Å². The Bertz CT molecular complexity index is 607. The molecule has 1 aromatic rings. The van der Waals surface area contributed by atoms with Gasteiger partial charge in [0, 0.05) is 25.9 Å². The van der Waals surface area contributed by atoms with Crippen molar-refractivity contribution in [3.8, 4) is 0 Å². The normalized spacial score (nSPS) is 17.2. The first-order valence-corrected chi connectivity index (χ1v) is 8.16. The number of ether oxygens (including phenoxy) is 2. The minimum atomic E-state index is -0.991. The Morgan fingerprint density at radius 2 is 1.92 bits per heavy atom. The molecule has 6 heteroatoms. The summed E-state index contributed by atoms with van der Waals surface area (Å²) in [7, 11) is 3.27. The average Bonchev–Trinajstić information content (AvgIpc) is 2.53. The fraction of sp³-hybridized carbons (Fsp3) is 0.556. The Kier molecular flexibility index (Phi) is 5.83. The predicted molar refractivity (Wildman–Crippen MR) is 90.7 cm³/mol. The van der Waals surface area contributed by atoms with Crippen LogP contribution < -0.4 is 5.32 Å². The number of carbonyl (C=O) groups excluding carboxylic acids is 2. The molecular formula is C18H26N2O4. The van der Waals surface area contributed by atoms with Crippen molar-refractivity contribution in [2.45, 2.75) is 38.8 Å².